The minimum Gasteiger partial charge on any atom is -0.350 e. The molecule has 1 aromatic heterocycles. The van der Waals surface area contributed by atoms with Gasteiger partial charge in [-0.15, -0.1) is 11.3 Å². The van der Waals surface area contributed by atoms with E-state index in [2.05, 4.69) is 15.6 Å². The number of carbonyl (C=O) groups is 1. The van der Waals surface area contributed by atoms with Crippen molar-refractivity contribution in [3.05, 3.63) is 16.6 Å². The van der Waals surface area contributed by atoms with Crippen LogP contribution in [0.2, 0.25) is 0 Å². The Balaban J connectivity index is 1.68. The van der Waals surface area contributed by atoms with Gasteiger partial charge < -0.3 is 10.6 Å². The lowest BCUT2D eigenvalue weighted by molar-refractivity contribution is -0.121. The number of amides is 1. The maximum atomic E-state index is 11.5. The molecule has 82 valence electrons. The Kier molecular flexibility index (Phi) is 3.69. The zero-order chi connectivity index (χ0) is 10.5. The van der Waals surface area contributed by atoms with Crippen LogP contribution in [0.25, 0.3) is 0 Å². The van der Waals surface area contributed by atoms with Gasteiger partial charge in [0.05, 0.1) is 17.7 Å². The number of thiazole rings is 1. The van der Waals surface area contributed by atoms with Crippen LogP contribution < -0.4 is 10.6 Å². The molecule has 1 aromatic rings. The first-order valence-electron chi connectivity index (χ1n) is 5.22. The summed E-state index contributed by atoms with van der Waals surface area (Å²) in [6, 6.07) is 0.375. The van der Waals surface area contributed by atoms with E-state index >= 15 is 0 Å². The molecule has 0 aliphatic carbocycles. The Bertz CT molecular complexity index is 306. The second-order valence-corrected chi connectivity index (χ2v) is 4.47. The minimum atomic E-state index is 0.113. The Morgan fingerprint density at radius 2 is 2.67 bits per heavy atom. The van der Waals surface area contributed by atoms with Gasteiger partial charge in [0.25, 0.3) is 0 Å². The zero-order valence-electron chi connectivity index (χ0n) is 8.53. The lowest BCUT2D eigenvalue weighted by atomic mass is 10.1. The summed E-state index contributed by atoms with van der Waals surface area (Å²) in [5.74, 6) is 0.113. The van der Waals surface area contributed by atoms with E-state index in [1.165, 1.54) is 6.42 Å². The van der Waals surface area contributed by atoms with Crippen LogP contribution in [0.4, 0.5) is 0 Å². The van der Waals surface area contributed by atoms with Crippen molar-refractivity contribution in [2.24, 2.45) is 0 Å². The quantitative estimate of drug-likeness (QED) is 0.800. The van der Waals surface area contributed by atoms with E-state index < -0.39 is 0 Å². The zero-order valence-corrected chi connectivity index (χ0v) is 9.35. The van der Waals surface area contributed by atoms with Gasteiger partial charge in [-0.05, 0) is 19.4 Å². The first-order chi connectivity index (χ1) is 7.34. The lowest BCUT2D eigenvalue weighted by Gasteiger charge is -2.09. The van der Waals surface area contributed by atoms with Gasteiger partial charge in [-0.2, -0.15) is 0 Å². The average molecular weight is 225 g/mol. The number of aromatic nitrogens is 1. The molecule has 0 bridgehead atoms. The predicted octanol–water partition coefficient (Wildman–Crippen LogP) is 0.901. The van der Waals surface area contributed by atoms with E-state index in [0.717, 1.165) is 18.7 Å². The van der Waals surface area contributed by atoms with Crippen LogP contribution in [-0.2, 0) is 11.3 Å². The third-order valence-electron chi connectivity index (χ3n) is 2.54. The Labute approximate surface area is 93.1 Å². The normalized spacial score (nSPS) is 20.4. The molecule has 1 aliphatic rings. The molecule has 5 heteroatoms. The number of nitrogens with one attached hydrogen (secondary N) is 2. The van der Waals surface area contributed by atoms with Gasteiger partial charge in [0.1, 0.15) is 0 Å². The molecular formula is C10H15N3OS. The standard InChI is InChI=1S/C10H15N3OS/c14-10(4-8-2-1-3-11-8)12-5-9-6-15-7-13-9/h6-8,11H,1-5H2,(H,12,14). The first-order valence-corrected chi connectivity index (χ1v) is 6.16. The number of hydrogen-bond donors (Lipinski definition) is 2. The van der Waals surface area contributed by atoms with Crippen molar-refractivity contribution < 1.29 is 4.79 Å². The third kappa shape index (κ3) is 3.28. The summed E-state index contributed by atoms with van der Waals surface area (Å²) in [6.45, 7) is 1.60. The number of rotatable bonds is 4. The van der Waals surface area contributed by atoms with Crippen molar-refractivity contribution in [3.63, 3.8) is 0 Å². The molecule has 2 N–H and O–H groups in total. The molecule has 2 rings (SSSR count). The van der Waals surface area contributed by atoms with Gasteiger partial charge in [-0.3, -0.25) is 4.79 Å². The molecule has 0 saturated carbocycles. The highest BCUT2D eigenvalue weighted by Gasteiger charge is 2.17. The molecule has 1 aliphatic heterocycles. The average Bonchev–Trinajstić information content (AvgIpc) is 2.86. The molecule has 1 atom stereocenters. The molecule has 1 amide bonds. The van der Waals surface area contributed by atoms with Crippen LogP contribution in [0.5, 0.6) is 0 Å². The van der Waals surface area contributed by atoms with E-state index in [1.54, 1.807) is 16.8 Å². The van der Waals surface area contributed by atoms with Gasteiger partial charge in [0.15, 0.2) is 0 Å². The fourth-order valence-electron chi connectivity index (χ4n) is 1.74. The van der Waals surface area contributed by atoms with E-state index in [1.807, 2.05) is 5.38 Å². The number of nitrogens with zero attached hydrogens (tertiary/aromatic N) is 1. The minimum absolute atomic E-state index is 0.113. The van der Waals surface area contributed by atoms with Gasteiger partial charge in [0.2, 0.25) is 5.91 Å². The highest BCUT2D eigenvalue weighted by atomic mass is 32.1. The SMILES string of the molecule is O=C(CC1CCCN1)NCc1cscn1. The summed E-state index contributed by atoms with van der Waals surface area (Å²) in [5, 5.41) is 8.14. The summed E-state index contributed by atoms with van der Waals surface area (Å²) in [5.41, 5.74) is 2.72. The van der Waals surface area contributed by atoms with Crippen LogP contribution >= 0.6 is 11.3 Å². The molecule has 15 heavy (non-hydrogen) atoms. The van der Waals surface area contributed by atoms with Crippen molar-refractivity contribution in [2.45, 2.75) is 31.8 Å². The van der Waals surface area contributed by atoms with Crippen molar-refractivity contribution in [2.75, 3.05) is 6.54 Å². The summed E-state index contributed by atoms with van der Waals surface area (Å²) in [4.78, 5) is 15.6. The van der Waals surface area contributed by atoms with Gasteiger partial charge >= 0.3 is 0 Å². The second kappa shape index (κ2) is 5.23. The molecule has 0 spiro atoms. The molecule has 1 fully saturated rings. The monoisotopic (exact) mass is 225 g/mol. The number of carbonyl (C=O) groups excluding carboxylic acids is 1. The molecular weight excluding hydrogens is 210 g/mol. The van der Waals surface area contributed by atoms with Crippen LogP contribution in [0.1, 0.15) is 25.0 Å². The summed E-state index contributed by atoms with van der Waals surface area (Å²) >= 11 is 1.55. The third-order valence-corrected chi connectivity index (χ3v) is 3.18. The topological polar surface area (TPSA) is 54.0 Å². The lowest BCUT2D eigenvalue weighted by Crippen LogP contribution is -2.31. The van der Waals surface area contributed by atoms with Crippen molar-refractivity contribution in [1.82, 2.24) is 15.6 Å². The maximum absolute atomic E-state index is 11.5. The molecule has 4 nitrogen and oxygen atoms in total. The summed E-state index contributed by atoms with van der Waals surface area (Å²) in [6.07, 6.45) is 2.89. The summed E-state index contributed by atoms with van der Waals surface area (Å²) < 4.78 is 0. The van der Waals surface area contributed by atoms with Gasteiger partial charge in [0, 0.05) is 17.8 Å². The van der Waals surface area contributed by atoms with Crippen LogP contribution in [0.3, 0.4) is 0 Å². The molecule has 2 heterocycles. The largest absolute Gasteiger partial charge is 0.350 e. The van der Waals surface area contributed by atoms with E-state index in [-0.39, 0.29) is 5.91 Å². The fraction of sp³-hybridized carbons (Fsp3) is 0.600. The Morgan fingerprint density at radius 1 is 1.73 bits per heavy atom. The molecule has 0 radical (unpaired) electrons. The summed E-state index contributed by atoms with van der Waals surface area (Å²) in [7, 11) is 0. The predicted molar refractivity (Wildman–Crippen MR) is 59.6 cm³/mol. The second-order valence-electron chi connectivity index (χ2n) is 3.75. The fourth-order valence-corrected chi connectivity index (χ4v) is 2.30. The van der Waals surface area contributed by atoms with Crippen LogP contribution in [-0.4, -0.2) is 23.5 Å². The van der Waals surface area contributed by atoms with Gasteiger partial charge in [-0.1, -0.05) is 0 Å². The van der Waals surface area contributed by atoms with E-state index in [4.69, 9.17) is 0 Å². The molecule has 1 unspecified atom stereocenters. The van der Waals surface area contributed by atoms with E-state index in [0.29, 0.717) is 19.0 Å². The molecule has 1 saturated heterocycles. The van der Waals surface area contributed by atoms with Crippen LogP contribution in [0, 0.1) is 0 Å². The number of hydrogen-bond acceptors (Lipinski definition) is 4. The van der Waals surface area contributed by atoms with Gasteiger partial charge in [-0.25, -0.2) is 4.98 Å². The van der Waals surface area contributed by atoms with Crippen LogP contribution in [0.15, 0.2) is 10.9 Å². The van der Waals surface area contributed by atoms with Crippen molar-refractivity contribution in [3.8, 4) is 0 Å². The highest BCUT2D eigenvalue weighted by molar-refractivity contribution is 7.07. The van der Waals surface area contributed by atoms with E-state index in [9.17, 15) is 4.79 Å². The van der Waals surface area contributed by atoms with Crippen molar-refractivity contribution >= 4 is 17.2 Å². The van der Waals surface area contributed by atoms with Crippen molar-refractivity contribution in [1.29, 1.82) is 0 Å². The smallest absolute Gasteiger partial charge is 0.221 e. The highest BCUT2D eigenvalue weighted by Crippen LogP contribution is 2.08. The molecule has 0 aromatic carbocycles. The Morgan fingerprint density at radius 3 is 3.33 bits per heavy atom. The maximum Gasteiger partial charge on any atom is 0.221 e. The Hall–Kier alpha value is -0.940. The first kappa shape index (κ1) is 10.6.